The predicted molar refractivity (Wildman–Crippen MR) is 48.3 cm³/mol. The van der Waals surface area contributed by atoms with E-state index >= 15 is 0 Å². The molecular weight excluding hydrogens is 224 g/mol. The summed E-state index contributed by atoms with van der Waals surface area (Å²) in [6.07, 6.45) is 0.430. The first-order valence-electron chi connectivity index (χ1n) is 3.51. The van der Waals surface area contributed by atoms with Gasteiger partial charge in [-0.2, -0.15) is 0 Å². The number of rotatable bonds is 3. The van der Waals surface area contributed by atoms with Gasteiger partial charge in [-0.3, -0.25) is 10.1 Å². The number of aromatic nitrogens is 1. The van der Waals surface area contributed by atoms with Crippen LogP contribution in [0.25, 0.3) is 0 Å². The van der Waals surface area contributed by atoms with Crippen molar-refractivity contribution >= 4 is 27.7 Å². The van der Waals surface area contributed by atoms with Crippen LogP contribution < -0.4 is 5.32 Å². The molecule has 0 aliphatic rings. The van der Waals surface area contributed by atoms with E-state index in [1.807, 2.05) is 0 Å². The van der Waals surface area contributed by atoms with Gasteiger partial charge in [0.2, 0.25) is 11.8 Å². The number of amides is 1. The van der Waals surface area contributed by atoms with Crippen molar-refractivity contribution in [2.45, 2.75) is 13.3 Å². The van der Waals surface area contributed by atoms with Crippen LogP contribution in [0, 0.1) is 6.92 Å². The lowest BCUT2D eigenvalue weighted by molar-refractivity contribution is -0.115. The molecule has 4 nitrogen and oxygen atoms in total. The average molecular weight is 233 g/mol. The maximum Gasteiger partial charge on any atom is 0.231 e. The number of carbonyl (C=O) groups is 1. The van der Waals surface area contributed by atoms with Crippen LogP contribution in [0.15, 0.2) is 10.6 Å². The molecule has 1 N–H and O–H groups in total. The molecule has 1 aromatic heterocycles. The van der Waals surface area contributed by atoms with Crippen LogP contribution in [-0.2, 0) is 4.79 Å². The molecule has 0 fully saturated rings. The zero-order valence-electron chi connectivity index (χ0n) is 6.63. The van der Waals surface area contributed by atoms with Crippen LogP contribution in [0.4, 0.5) is 5.88 Å². The predicted octanol–water partition coefficient (Wildman–Crippen LogP) is 1.71. The van der Waals surface area contributed by atoms with Gasteiger partial charge in [0, 0.05) is 17.8 Å². The Balaban J connectivity index is 2.46. The molecule has 0 unspecified atom stereocenters. The average Bonchev–Trinajstić information content (AvgIpc) is 2.36. The van der Waals surface area contributed by atoms with Crippen molar-refractivity contribution in [2.75, 3.05) is 10.6 Å². The monoisotopic (exact) mass is 232 g/mol. The largest absolute Gasteiger partial charge is 0.338 e. The van der Waals surface area contributed by atoms with Gasteiger partial charge in [-0.05, 0) is 6.92 Å². The molecule has 1 amide bonds. The standard InChI is InChI=1S/C7H9BrN2O2/c1-5-4-7(12-10-5)9-6(11)2-3-8/h4H,2-3H2,1H3,(H,9,11). The van der Waals surface area contributed by atoms with Crippen LogP contribution >= 0.6 is 15.9 Å². The maximum atomic E-state index is 11.0. The third-order valence-corrected chi connectivity index (χ3v) is 1.61. The summed E-state index contributed by atoms with van der Waals surface area (Å²) in [5, 5.41) is 6.84. The fraction of sp³-hybridized carbons (Fsp3) is 0.429. The molecule has 0 atom stereocenters. The summed E-state index contributed by atoms with van der Waals surface area (Å²) in [6.45, 7) is 1.80. The Hall–Kier alpha value is -0.840. The van der Waals surface area contributed by atoms with Crippen molar-refractivity contribution in [1.29, 1.82) is 0 Å². The second kappa shape index (κ2) is 4.25. The van der Waals surface area contributed by atoms with Crippen LogP contribution in [-0.4, -0.2) is 16.4 Å². The number of nitrogens with zero attached hydrogens (tertiary/aromatic N) is 1. The molecule has 12 heavy (non-hydrogen) atoms. The summed E-state index contributed by atoms with van der Waals surface area (Å²) >= 11 is 3.16. The molecule has 0 spiro atoms. The number of halogens is 1. The minimum atomic E-state index is -0.0805. The topological polar surface area (TPSA) is 55.1 Å². The summed E-state index contributed by atoms with van der Waals surface area (Å²) < 4.78 is 4.78. The lowest BCUT2D eigenvalue weighted by Crippen LogP contribution is -2.10. The number of carbonyl (C=O) groups excluding carboxylic acids is 1. The third kappa shape index (κ3) is 2.65. The molecule has 0 aromatic carbocycles. The Morgan fingerprint density at radius 3 is 3.08 bits per heavy atom. The molecule has 1 rings (SSSR count). The van der Waals surface area contributed by atoms with Crippen molar-refractivity contribution in [1.82, 2.24) is 5.16 Å². The van der Waals surface area contributed by atoms with E-state index < -0.39 is 0 Å². The van der Waals surface area contributed by atoms with E-state index in [0.29, 0.717) is 17.6 Å². The molecule has 0 bridgehead atoms. The Kier molecular flexibility index (Phi) is 3.28. The van der Waals surface area contributed by atoms with Crippen LogP contribution in [0.1, 0.15) is 12.1 Å². The Morgan fingerprint density at radius 2 is 2.58 bits per heavy atom. The molecule has 0 saturated carbocycles. The fourth-order valence-corrected chi connectivity index (χ4v) is 1.07. The van der Waals surface area contributed by atoms with E-state index in [1.165, 1.54) is 0 Å². The smallest absolute Gasteiger partial charge is 0.231 e. The summed E-state index contributed by atoms with van der Waals surface area (Å²) in [4.78, 5) is 11.0. The van der Waals surface area contributed by atoms with Crippen molar-refractivity contribution in [3.63, 3.8) is 0 Å². The zero-order chi connectivity index (χ0) is 8.97. The van der Waals surface area contributed by atoms with Gasteiger partial charge in [0.15, 0.2) is 0 Å². The SMILES string of the molecule is Cc1cc(NC(=O)CCBr)on1. The first kappa shape index (κ1) is 9.25. The van der Waals surface area contributed by atoms with Gasteiger partial charge in [0.05, 0.1) is 5.69 Å². The Labute approximate surface area is 78.4 Å². The van der Waals surface area contributed by atoms with Crippen molar-refractivity contribution < 1.29 is 9.32 Å². The van der Waals surface area contributed by atoms with E-state index in [0.717, 1.165) is 5.69 Å². The van der Waals surface area contributed by atoms with Gasteiger partial charge in [0.25, 0.3) is 0 Å². The fourth-order valence-electron chi connectivity index (χ4n) is 0.708. The Bertz CT molecular complexity index is 272. The van der Waals surface area contributed by atoms with Crippen LogP contribution in [0.2, 0.25) is 0 Å². The molecule has 0 aliphatic carbocycles. The lowest BCUT2D eigenvalue weighted by atomic mass is 10.4. The molecule has 0 radical (unpaired) electrons. The minimum Gasteiger partial charge on any atom is -0.338 e. The highest BCUT2D eigenvalue weighted by molar-refractivity contribution is 9.09. The summed E-state index contributed by atoms with van der Waals surface area (Å²) in [5.41, 5.74) is 0.754. The number of alkyl halides is 1. The van der Waals surface area contributed by atoms with Crippen molar-refractivity contribution in [3.8, 4) is 0 Å². The lowest BCUT2D eigenvalue weighted by Gasteiger charge is -1.96. The molecule has 1 heterocycles. The molecule has 5 heteroatoms. The van der Waals surface area contributed by atoms with Crippen LogP contribution in [0.5, 0.6) is 0 Å². The van der Waals surface area contributed by atoms with Gasteiger partial charge >= 0.3 is 0 Å². The normalized spacial score (nSPS) is 9.83. The highest BCUT2D eigenvalue weighted by Gasteiger charge is 2.04. The van der Waals surface area contributed by atoms with E-state index in [4.69, 9.17) is 4.52 Å². The first-order valence-corrected chi connectivity index (χ1v) is 4.63. The number of nitrogens with one attached hydrogen (secondary N) is 1. The van der Waals surface area contributed by atoms with E-state index in [2.05, 4.69) is 26.4 Å². The van der Waals surface area contributed by atoms with Gasteiger partial charge < -0.3 is 4.52 Å². The van der Waals surface area contributed by atoms with Gasteiger partial charge in [-0.15, -0.1) is 0 Å². The molecular formula is C7H9BrN2O2. The second-order valence-corrected chi connectivity index (χ2v) is 3.11. The van der Waals surface area contributed by atoms with E-state index in [1.54, 1.807) is 13.0 Å². The number of hydrogen-bond donors (Lipinski definition) is 1. The van der Waals surface area contributed by atoms with Gasteiger partial charge in [-0.1, -0.05) is 21.1 Å². The number of aryl methyl sites for hydroxylation is 1. The zero-order valence-corrected chi connectivity index (χ0v) is 8.22. The van der Waals surface area contributed by atoms with Crippen molar-refractivity contribution in [2.24, 2.45) is 0 Å². The highest BCUT2D eigenvalue weighted by Crippen LogP contribution is 2.08. The van der Waals surface area contributed by atoms with Gasteiger partial charge in [0.1, 0.15) is 0 Å². The highest BCUT2D eigenvalue weighted by atomic mass is 79.9. The van der Waals surface area contributed by atoms with E-state index in [9.17, 15) is 4.79 Å². The van der Waals surface area contributed by atoms with E-state index in [-0.39, 0.29) is 5.91 Å². The molecule has 66 valence electrons. The minimum absolute atomic E-state index is 0.0805. The summed E-state index contributed by atoms with van der Waals surface area (Å²) in [5.74, 6) is 0.321. The third-order valence-electron chi connectivity index (χ3n) is 1.21. The molecule has 0 saturated heterocycles. The molecule has 1 aromatic rings. The molecule has 0 aliphatic heterocycles. The summed E-state index contributed by atoms with van der Waals surface area (Å²) in [6, 6.07) is 1.67. The van der Waals surface area contributed by atoms with Crippen LogP contribution in [0.3, 0.4) is 0 Å². The number of hydrogen-bond acceptors (Lipinski definition) is 3. The van der Waals surface area contributed by atoms with Gasteiger partial charge in [-0.25, -0.2) is 0 Å². The Morgan fingerprint density at radius 1 is 1.83 bits per heavy atom. The quantitative estimate of drug-likeness (QED) is 0.808. The second-order valence-electron chi connectivity index (χ2n) is 2.32. The first-order chi connectivity index (χ1) is 5.72. The number of anilines is 1. The maximum absolute atomic E-state index is 11.0. The summed E-state index contributed by atoms with van der Waals surface area (Å²) in [7, 11) is 0. The van der Waals surface area contributed by atoms with Crippen molar-refractivity contribution in [3.05, 3.63) is 11.8 Å².